The molecule has 1 heterocycles. The number of carbonyl (C=O) groups is 4. The lowest BCUT2D eigenvalue weighted by Gasteiger charge is -2.16. The number of nitrogen functional groups attached to an aromatic ring is 1. The molecule has 2 aromatic carbocycles. The number of nitrogens with two attached hydrogens (primary N) is 1. The van der Waals surface area contributed by atoms with Gasteiger partial charge in [0.15, 0.2) is 6.61 Å². The Balaban J connectivity index is 1.80. The van der Waals surface area contributed by atoms with Gasteiger partial charge >= 0.3 is 17.6 Å². The number of benzene rings is 2. The van der Waals surface area contributed by atoms with Gasteiger partial charge in [-0.1, -0.05) is 41.9 Å². The molecule has 0 unspecified atom stereocenters. The van der Waals surface area contributed by atoms with Gasteiger partial charge in [0, 0.05) is 10.6 Å². The van der Waals surface area contributed by atoms with Crippen LogP contribution in [0.2, 0.25) is 5.02 Å². The molecular weight excluding hydrogens is 520 g/mol. The number of hydrogen-bond acceptors (Lipinski definition) is 9. The largest absolute Gasteiger partial charge is 0.468 e. The van der Waals surface area contributed by atoms with Crippen molar-refractivity contribution >= 4 is 41.0 Å². The molecule has 3 N–H and O–H groups in total. The summed E-state index contributed by atoms with van der Waals surface area (Å²) in [5, 5.41) is 2.76. The average molecular weight is 543 g/mol. The number of halogens is 1. The number of ether oxygens (including phenoxy) is 2. The Bertz CT molecular complexity index is 1480. The molecule has 198 valence electrons. The number of anilines is 1. The van der Waals surface area contributed by atoms with Crippen LogP contribution in [0.1, 0.15) is 26.3 Å². The van der Waals surface area contributed by atoms with Crippen molar-refractivity contribution in [1.29, 1.82) is 0 Å². The van der Waals surface area contributed by atoms with Crippen LogP contribution in [0.4, 0.5) is 5.82 Å². The topological polar surface area (TPSA) is 169 Å². The minimum atomic E-state index is -1.14. The van der Waals surface area contributed by atoms with Crippen LogP contribution in [0, 0.1) is 0 Å². The van der Waals surface area contributed by atoms with Gasteiger partial charge in [-0.2, -0.15) is 0 Å². The van der Waals surface area contributed by atoms with E-state index >= 15 is 0 Å². The lowest BCUT2D eigenvalue weighted by Crippen LogP contribution is -2.46. The van der Waals surface area contributed by atoms with E-state index in [0.29, 0.717) is 15.2 Å². The molecule has 0 aliphatic rings. The van der Waals surface area contributed by atoms with Gasteiger partial charge in [-0.3, -0.25) is 28.5 Å². The highest BCUT2D eigenvalue weighted by atomic mass is 35.5. The SMILES string of the molecule is COC(=O)Cn1c(=O)c(C(=O)COC(=O)CNC(=O)c2ccc(Cl)cc2)c(N)n(Cc2ccccc2)c1=O. The van der Waals surface area contributed by atoms with Crippen LogP contribution in [0.25, 0.3) is 0 Å². The normalized spacial score (nSPS) is 10.5. The van der Waals surface area contributed by atoms with E-state index in [2.05, 4.69) is 10.1 Å². The van der Waals surface area contributed by atoms with E-state index in [1.807, 2.05) is 0 Å². The zero-order valence-corrected chi connectivity index (χ0v) is 20.9. The van der Waals surface area contributed by atoms with E-state index in [0.717, 1.165) is 11.7 Å². The highest BCUT2D eigenvalue weighted by Gasteiger charge is 2.25. The molecule has 0 atom stereocenters. The van der Waals surface area contributed by atoms with Crippen molar-refractivity contribution in [3.8, 4) is 0 Å². The number of ketones is 1. The molecule has 0 spiro atoms. The summed E-state index contributed by atoms with van der Waals surface area (Å²) in [6.07, 6.45) is 0. The lowest BCUT2D eigenvalue weighted by molar-refractivity contribution is -0.142. The maximum absolute atomic E-state index is 13.0. The molecule has 1 aromatic heterocycles. The lowest BCUT2D eigenvalue weighted by atomic mass is 10.2. The van der Waals surface area contributed by atoms with Gasteiger partial charge in [-0.25, -0.2) is 9.36 Å². The number of hydrogen-bond donors (Lipinski definition) is 2. The number of carbonyl (C=O) groups excluding carboxylic acids is 4. The molecular formula is C25H23ClN4O8. The van der Waals surface area contributed by atoms with Crippen LogP contribution in [0.5, 0.6) is 0 Å². The van der Waals surface area contributed by atoms with Gasteiger partial charge < -0.3 is 20.5 Å². The van der Waals surface area contributed by atoms with Crippen molar-refractivity contribution < 1.29 is 28.7 Å². The number of esters is 2. The summed E-state index contributed by atoms with van der Waals surface area (Å²) >= 11 is 5.78. The van der Waals surface area contributed by atoms with Crippen molar-refractivity contribution in [3.05, 3.63) is 97.1 Å². The minimum Gasteiger partial charge on any atom is -0.468 e. The Morgan fingerprint density at radius 2 is 1.61 bits per heavy atom. The molecule has 13 heteroatoms. The van der Waals surface area contributed by atoms with Crippen molar-refractivity contribution in [3.63, 3.8) is 0 Å². The minimum absolute atomic E-state index is 0.107. The maximum Gasteiger partial charge on any atom is 0.333 e. The number of nitrogens with zero attached hydrogens (tertiary/aromatic N) is 2. The Labute approximate surface area is 220 Å². The number of amides is 1. The van der Waals surface area contributed by atoms with Gasteiger partial charge in [-0.15, -0.1) is 0 Å². The molecule has 3 aromatic rings. The molecule has 38 heavy (non-hydrogen) atoms. The maximum atomic E-state index is 13.0. The quantitative estimate of drug-likeness (QED) is 0.275. The number of aromatic nitrogens is 2. The van der Waals surface area contributed by atoms with E-state index < -0.39 is 66.0 Å². The van der Waals surface area contributed by atoms with Crippen LogP contribution in [-0.2, 0) is 32.2 Å². The first-order chi connectivity index (χ1) is 18.1. The summed E-state index contributed by atoms with van der Waals surface area (Å²) < 4.78 is 10.9. The average Bonchev–Trinajstić information content (AvgIpc) is 2.91. The smallest absolute Gasteiger partial charge is 0.333 e. The second-order valence-electron chi connectivity index (χ2n) is 7.86. The molecule has 0 saturated heterocycles. The Morgan fingerprint density at radius 3 is 2.24 bits per heavy atom. The fourth-order valence-corrected chi connectivity index (χ4v) is 3.48. The molecule has 12 nitrogen and oxygen atoms in total. The Hall–Kier alpha value is -4.71. The van der Waals surface area contributed by atoms with Gasteiger partial charge in [-0.05, 0) is 29.8 Å². The predicted octanol–water partition coefficient (Wildman–Crippen LogP) is 0.623. The summed E-state index contributed by atoms with van der Waals surface area (Å²) in [5.41, 5.74) is 4.22. The van der Waals surface area contributed by atoms with Crippen molar-refractivity contribution in [2.75, 3.05) is 26.0 Å². The van der Waals surface area contributed by atoms with E-state index in [4.69, 9.17) is 22.1 Å². The molecule has 1 amide bonds. The van der Waals surface area contributed by atoms with Crippen molar-refractivity contribution in [2.24, 2.45) is 0 Å². The molecule has 0 saturated carbocycles. The molecule has 0 fully saturated rings. The molecule has 3 rings (SSSR count). The first-order valence-electron chi connectivity index (χ1n) is 11.1. The first kappa shape index (κ1) is 27.9. The predicted molar refractivity (Wildman–Crippen MR) is 136 cm³/mol. The number of rotatable bonds is 10. The molecule has 0 aliphatic heterocycles. The molecule has 0 bridgehead atoms. The monoisotopic (exact) mass is 542 g/mol. The van der Waals surface area contributed by atoms with E-state index in [-0.39, 0.29) is 12.1 Å². The Kier molecular flexibility index (Phi) is 9.17. The van der Waals surface area contributed by atoms with Crippen molar-refractivity contribution in [2.45, 2.75) is 13.1 Å². The molecule has 0 aliphatic carbocycles. The number of Topliss-reactive ketones (excluding diaryl/α,β-unsaturated/α-hetero) is 1. The highest BCUT2D eigenvalue weighted by molar-refractivity contribution is 6.30. The summed E-state index contributed by atoms with van der Waals surface area (Å²) in [6.45, 7) is -2.34. The second-order valence-corrected chi connectivity index (χ2v) is 8.29. The highest BCUT2D eigenvalue weighted by Crippen LogP contribution is 2.11. The fraction of sp³-hybridized carbons (Fsp3) is 0.200. The van der Waals surface area contributed by atoms with Gasteiger partial charge in [0.2, 0.25) is 5.78 Å². The van der Waals surface area contributed by atoms with Crippen LogP contribution in [0.3, 0.4) is 0 Å². The van der Waals surface area contributed by atoms with Crippen LogP contribution >= 0.6 is 11.6 Å². The third kappa shape index (κ3) is 6.73. The van der Waals surface area contributed by atoms with Gasteiger partial charge in [0.05, 0.1) is 13.7 Å². The van der Waals surface area contributed by atoms with Crippen LogP contribution in [0.15, 0.2) is 64.2 Å². The second kappa shape index (κ2) is 12.5. The summed E-state index contributed by atoms with van der Waals surface area (Å²) in [4.78, 5) is 74.9. The van der Waals surface area contributed by atoms with E-state index in [9.17, 15) is 28.8 Å². The van der Waals surface area contributed by atoms with Gasteiger partial charge in [0.1, 0.15) is 24.5 Å². The van der Waals surface area contributed by atoms with Crippen molar-refractivity contribution in [1.82, 2.24) is 14.5 Å². The third-order valence-electron chi connectivity index (χ3n) is 5.31. The summed E-state index contributed by atoms with van der Waals surface area (Å²) in [5.74, 6) is -3.91. The summed E-state index contributed by atoms with van der Waals surface area (Å²) in [7, 11) is 1.07. The fourth-order valence-electron chi connectivity index (χ4n) is 3.35. The summed E-state index contributed by atoms with van der Waals surface area (Å²) in [6, 6.07) is 14.5. The van der Waals surface area contributed by atoms with E-state index in [1.165, 1.54) is 24.3 Å². The zero-order chi connectivity index (χ0) is 27.8. The third-order valence-corrected chi connectivity index (χ3v) is 5.56. The zero-order valence-electron chi connectivity index (χ0n) is 20.1. The standard InChI is InChI=1S/C25H23ClN4O8/c1-37-20(33)13-30-24(35)21(22(27)29(25(30)36)12-15-5-3-2-4-6-15)18(31)14-38-19(32)11-28-23(34)16-7-9-17(26)10-8-16/h2-10H,11-14,27H2,1H3,(H,28,34). The van der Waals surface area contributed by atoms with E-state index in [1.54, 1.807) is 30.3 Å². The Morgan fingerprint density at radius 1 is 0.947 bits per heavy atom. The molecule has 0 radical (unpaired) electrons. The number of methoxy groups -OCH3 is 1. The van der Waals surface area contributed by atoms with Gasteiger partial charge in [0.25, 0.3) is 11.5 Å². The first-order valence-corrected chi connectivity index (χ1v) is 11.5. The van der Waals surface area contributed by atoms with Crippen LogP contribution < -0.4 is 22.3 Å². The van der Waals surface area contributed by atoms with Crippen LogP contribution in [-0.4, -0.2) is 53.0 Å². The number of nitrogens with one attached hydrogen (secondary N) is 1.